The fraction of sp³-hybridized carbons (Fsp3) is 0.333. The molecule has 0 saturated carbocycles. The van der Waals surface area contributed by atoms with E-state index in [0.29, 0.717) is 0 Å². The van der Waals surface area contributed by atoms with Crippen LogP contribution in [0.1, 0.15) is 16.7 Å². The Kier molecular flexibility index (Phi) is 3.92. The molecule has 0 unspecified atom stereocenters. The molecule has 0 radical (unpaired) electrons. The Morgan fingerprint density at radius 1 is 0.700 bits per heavy atom. The maximum atomic E-state index is 2.19. The van der Waals surface area contributed by atoms with Crippen LogP contribution in [0.5, 0.6) is 0 Å². The monoisotopic (exact) mass is 168 g/mol. The van der Waals surface area contributed by atoms with Crippen molar-refractivity contribution in [2.24, 2.45) is 0 Å². The smallest absolute Gasteiger partial charge is 0 e. The van der Waals surface area contributed by atoms with E-state index in [2.05, 4.69) is 39.0 Å². The van der Waals surface area contributed by atoms with Gasteiger partial charge >= 0.3 is 0 Å². The Morgan fingerprint density at radius 3 is 1.10 bits per heavy atom. The van der Waals surface area contributed by atoms with Crippen molar-refractivity contribution < 1.29 is 21.7 Å². The molecule has 0 bridgehead atoms. The summed E-state index contributed by atoms with van der Waals surface area (Å²) in [7, 11) is 0. The van der Waals surface area contributed by atoms with Crippen molar-refractivity contribution in [3.63, 3.8) is 0 Å². The molecule has 0 atom stereocenters. The zero-order valence-electron chi connectivity index (χ0n) is 6.73. The second kappa shape index (κ2) is 3.95. The van der Waals surface area contributed by atoms with E-state index in [1.54, 1.807) is 0 Å². The molecular formula is C9H12Ti. The van der Waals surface area contributed by atoms with Crippen molar-refractivity contribution in [3.8, 4) is 0 Å². The summed E-state index contributed by atoms with van der Waals surface area (Å²) >= 11 is 0. The summed E-state index contributed by atoms with van der Waals surface area (Å²) in [6.45, 7) is 6.38. The average molecular weight is 168 g/mol. The molecule has 0 amide bonds. The van der Waals surface area contributed by atoms with Crippen LogP contribution in [0.15, 0.2) is 18.2 Å². The molecule has 0 heterocycles. The van der Waals surface area contributed by atoms with Crippen molar-refractivity contribution in [2.75, 3.05) is 0 Å². The van der Waals surface area contributed by atoms with E-state index in [-0.39, 0.29) is 21.7 Å². The van der Waals surface area contributed by atoms with Gasteiger partial charge < -0.3 is 0 Å². The molecule has 0 aliphatic carbocycles. The Morgan fingerprint density at radius 2 is 0.900 bits per heavy atom. The van der Waals surface area contributed by atoms with Crippen LogP contribution in [0.3, 0.4) is 0 Å². The summed E-state index contributed by atoms with van der Waals surface area (Å²) in [5, 5.41) is 0. The predicted molar refractivity (Wildman–Crippen MR) is 40.7 cm³/mol. The van der Waals surface area contributed by atoms with Crippen molar-refractivity contribution in [2.45, 2.75) is 20.8 Å². The van der Waals surface area contributed by atoms with Gasteiger partial charge in [0.1, 0.15) is 0 Å². The van der Waals surface area contributed by atoms with Gasteiger partial charge in [-0.05, 0) is 20.8 Å². The minimum atomic E-state index is 0. The first-order valence-electron chi connectivity index (χ1n) is 3.23. The Balaban J connectivity index is 0.000000810. The molecule has 1 aromatic carbocycles. The predicted octanol–water partition coefficient (Wildman–Crippen LogP) is 2.61. The van der Waals surface area contributed by atoms with Gasteiger partial charge in [0, 0.05) is 21.7 Å². The number of benzene rings is 1. The normalized spacial score (nSPS) is 8.70. The number of rotatable bonds is 0. The van der Waals surface area contributed by atoms with Crippen LogP contribution in [-0.2, 0) is 21.7 Å². The van der Waals surface area contributed by atoms with Gasteiger partial charge in [0.15, 0.2) is 0 Å². The van der Waals surface area contributed by atoms with E-state index >= 15 is 0 Å². The molecule has 1 heteroatoms. The van der Waals surface area contributed by atoms with Gasteiger partial charge in [0.25, 0.3) is 0 Å². The van der Waals surface area contributed by atoms with Crippen LogP contribution in [0.2, 0.25) is 0 Å². The molecule has 1 aromatic rings. The van der Waals surface area contributed by atoms with Crippen molar-refractivity contribution in [3.05, 3.63) is 34.9 Å². The van der Waals surface area contributed by atoms with Gasteiger partial charge in [-0.15, -0.1) is 0 Å². The maximum absolute atomic E-state index is 2.19. The van der Waals surface area contributed by atoms with E-state index in [9.17, 15) is 0 Å². The number of hydrogen-bond acceptors (Lipinski definition) is 0. The first kappa shape index (κ1) is 9.93. The molecule has 0 spiro atoms. The summed E-state index contributed by atoms with van der Waals surface area (Å²) in [5.41, 5.74) is 4.06. The first-order chi connectivity index (χ1) is 4.18. The van der Waals surface area contributed by atoms with Crippen LogP contribution in [-0.4, -0.2) is 0 Å². The Hall–Kier alpha value is -0.0657. The van der Waals surface area contributed by atoms with Gasteiger partial charge in [0.2, 0.25) is 0 Å². The van der Waals surface area contributed by atoms with Gasteiger partial charge in [-0.2, -0.15) is 0 Å². The molecule has 0 nitrogen and oxygen atoms in total. The van der Waals surface area contributed by atoms with Crippen LogP contribution in [0.4, 0.5) is 0 Å². The fourth-order valence-electron chi connectivity index (χ4n) is 1.20. The van der Waals surface area contributed by atoms with Crippen molar-refractivity contribution in [1.82, 2.24) is 0 Å². The van der Waals surface area contributed by atoms with Gasteiger partial charge in [-0.3, -0.25) is 0 Å². The molecule has 0 saturated heterocycles. The minimum absolute atomic E-state index is 0. The molecular weight excluding hydrogens is 156 g/mol. The van der Waals surface area contributed by atoms with Crippen LogP contribution in [0.25, 0.3) is 0 Å². The quantitative estimate of drug-likeness (QED) is 0.522. The largest absolute Gasteiger partial charge is 0.0564 e. The summed E-state index contributed by atoms with van der Waals surface area (Å²) in [6.07, 6.45) is 0. The molecule has 0 aliphatic rings. The molecule has 0 aromatic heterocycles. The second-order valence-corrected chi connectivity index (χ2v) is 2.67. The topological polar surface area (TPSA) is 0 Å². The first-order valence-corrected chi connectivity index (χ1v) is 3.23. The third-order valence-electron chi connectivity index (χ3n) is 1.37. The van der Waals surface area contributed by atoms with E-state index in [0.717, 1.165) is 0 Å². The standard InChI is InChI=1S/C9H12.Ti/c1-7-4-8(2)6-9(3)5-7;/h4-6H,1-3H3;. The second-order valence-electron chi connectivity index (χ2n) is 2.67. The Labute approximate surface area is 77.5 Å². The SMILES string of the molecule is Cc1cc(C)cc(C)c1.[Ti]. The average Bonchev–Trinajstić information content (AvgIpc) is 1.59. The van der Waals surface area contributed by atoms with Crippen molar-refractivity contribution in [1.29, 1.82) is 0 Å². The summed E-state index contributed by atoms with van der Waals surface area (Å²) < 4.78 is 0. The van der Waals surface area contributed by atoms with Crippen molar-refractivity contribution >= 4 is 0 Å². The molecule has 0 fully saturated rings. The van der Waals surface area contributed by atoms with Crippen LogP contribution >= 0.6 is 0 Å². The van der Waals surface area contributed by atoms with E-state index in [1.165, 1.54) is 16.7 Å². The van der Waals surface area contributed by atoms with Gasteiger partial charge in [0.05, 0.1) is 0 Å². The van der Waals surface area contributed by atoms with Crippen LogP contribution in [0, 0.1) is 20.8 Å². The molecule has 0 aliphatic heterocycles. The van der Waals surface area contributed by atoms with E-state index in [4.69, 9.17) is 0 Å². The zero-order valence-corrected chi connectivity index (χ0v) is 8.29. The molecule has 1 rings (SSSR count). The van der Waals surface area contributed by atoms with E-state index in [1.807, 2.05) is 0 Å². The molecule has 10 heavy (non-hydrogen) atoms. The third-order valence-corrected chi connectivity index (χ3v) is 1.37. The summed E-state index contributed by atoms with van der Waals surface area (Å²) in [4.78, 5) is 0. The number of aryl methyl sites for hydroxylation is 3. The fourth-order valence-corrected chi connectivity index (χ4v) is 1.20. The van der Waals surface area contributed by atoms with Gasteiger partial charge in [-0.1, -0.05) is 34.9 Å². The van der Waals surface area contributed by atoms with Crippen LogP contribution < -0.4 is 0 Å². The summed E-state index contributed by atoms with van der Waals surface area (Å²) in [6, 6.07) is 6.56. The summed E-state index contributed by atoms with van der Waals surface area (Å²) in [5.74, 6) is 0. The Bertz CT molecular complexity index is 165. The van der Waals surface area contributed by atoms with E-state index < -0.39 is 0 Å². The van der Waals surface area contributed by atoms with Gasteiger partial charge in [-0.25, -0.2) is 0 Å². The molecule has 0 N–H and O–H groups in total. The maximum Gasteiger partial charge on any atom is 0 e. The minimum Gasteiger partial charge on any atom is -0.0564 e. The third kappa shape index (κ3) is 2.68. The zero-order chi connectivity index (χ0) is 6.85. The molecule has 52 valence electrons. The number of hydrogen-bond donors (Lipinski definition) is 0.